The molecular formula is C11H16ClN3S. The van der Waals surface area contributed by atoms with Crippen LogP contribution in [0.5, 0.6) is 0 Å². The minimum Gasteiger partial charge on any atom is -0.369 e. The molecule has 0 amide bonds. The number of hydrogen-bond acceptors (Lipinski definition) is 4. The van der Waals surface area contributed by atoms with E-state index >= 15 is 0 Å². The predicted octanol–water partition coefficient (Wildman–Crippen LogP) is 3.22. The number of nitrogens with zero attached hydrogens (tertiary/aromatic N) is 2. The molecule has 0 aromatic carbocycles. The number of anilines is 1. The first-order valence-electron chi connectivity index (χ1n) is 5.52. The van der Waals surface area contributed by atoms with Crippen LogP contribution in [0.1, 0.15) is 25.7 Å². The van der Waals surface area contributed by atoms with Crippen LogP contribution in [0.15, 0.2) is 12.3 Å². The summed E-state index contributed by atoms with van der Waals surface area (Å²) in [5.41, 5.74) is 0. The van der Waals surface area contributed by atoms with E-state index in [0.29, 0.717) is 10.0 Å². The second kappa shape index (κ2) is 5.23. The Hall–Kier alpha value is -0.480. The SMILES string of the molecule is CSC1(CNc2ccnc(Cl)n2)CCCC1. The lowest BCUT2D eigenvalue weighted by molar-refractivity contribution is 0.638. The van der Waals surface area contributed by atoms with Crippen molar-refractivity contribution < 1.29 is 0 Å². The highest BCUT2D eigenvalue weighted by Gasteiger charge is 2.32. The Kier molecular flexibility index (Phi) is 3.92. The summed E-state index contributed by atoms with van der Waals surface area (Å²) in [6, 6.07) is 1.86. The van der Waals surface area contributed by atoms with Gasteiger partial charge in [0.2, 0.25) is 5.28 Å². The van der Waals surface area contributed by atoms with E-state index in [-0.39, 0.29) is 0 Å². The van der Waals surface area contributed by atoms with E-state index in [4.69, 9.17) is 11.6 Å². The molecule has 0 spiro atoms. The fraction of sp³-hybridized carbons (Fsp3) is 0.636. The Labute approximate surface area is 105 Å². The predicted molar refractivity (Wildman–Crippen MR) is 70.2 cm³/mol. The third-order valence-corrected chi connectivity index (χ3v) is 4.77. The minimum atomic E-state index is 0.301. The van der Waals surface area contributed by atoms with Crippen LogP contribution in [-0.4, -0.2) is 27.5 Å². The van der Waals surface area contributed by atoms with Crippen LogP contribution >= 0.6 is 23.4 Å². The van der Waals surface area contributed by atoms with Gasteiger partial charge in [-0.2, -0.15) is 11.8 Å². The molecule has 88 valence electrons. The normalized spacial score (nSPS) is 18.6. The molecule has 0 radical (unpaired) electrons. The van der Waals surface area contributed by atoms with Crippen molar-refractivity contribution >= 4 is 29.2 Å². The van der Waals surface area contributed by atoms with Crippen molar-refractivity contribution in [2.45, 2.75) is 30.4 Å². The molecule has 0 atom stereocenters. The van der Waals surface area contributed by atoms with Gasteiger partial charge in [0.05, 0.1) is 0 Å². The van der Waals surface area contributed by atoms with Crippen molar-refractivity contribution in [1.29, 1.82) is 0 Å². The maximum absolute atomic E-state index is 5.74. The van der Waals surface area contributed by atoms with Crippen molar-refractivity contribution in [3.8, 4) is 0 Å². The van der Waals surface area contributed by atoms with Crippen molar-refractivity contribution in [2.75, 3.05) is 18.1 Å². The van der Waals surface area contributed by atoms with E-state index in [1.54, 1.807) is 6.20 Å². The maximum Gasteiger partial charge on any atom is 0.224 e. The molecule has 1 heterocycles. The van der Waals surface area contributed by atoms with Gasteiger partial charge in [0.25, 0.3) is 0 Å². The third-order valence-electron chi connectivity index (χ3n) is 3.17. The van der Waals surface area contributed by atoms with Gasteiger partial charge in [-0.3, -0.25) is 0 Å². The van der Waals surface area contributed by atoms with E-state index in [0.717, 1.165) is 12.4 Å². The highest BCUT2D eigenvalue weighted by atomic mass is 35.5. The molecule has 1 aromatic rings. The van der Waals surface area contributed by atoms with Crippen molar-refractivity contribution in [2.24, 2.45) is 0 Å². The van der Waals surface area contributed by atoms with Gasteiger partial charge in [-0.25, -0.2) is 9.97 Å². The third kappa shape index (κ3) is 2.80. The van der Waals surface area contributed by atoms with E-state index in [2.05, 4.69) is 21.5 Å². The highest BCUT2D eigenvalue weighted by molar-refractivity contribution is 8.00. The monoisotopic (exact) mass is 257 g/mol. The van der Waals surface area contributed by atoms with Gasteiger partial charge in [0, 0.05) is 17.5 Å². The van der Waals surface area contributed by atoms with E-state index in [9.17, 15) is 0 Å². The lowest BCUT2D eigenvalue weighted by Gasteiger charge is -2.27. The molecule has 2 rings (SSSR count). The summed E-state index contributed by atoms with van der Waals surface area (Å²) in [6.45, 7) is 0.960. The molecule has 1 aromatic heterocycles. The number of rotatable bonds is 4. The van der Waals surface area contributed by atoms with E-state index in [1.165, 1.54) is 25.7 Å². The second-order valence-corrected chi connectivity index (χ2v) is 5.77. The number of nitrogens with one attached hydrogen (secondary N) is 1. The summed E-state index contributed by atoms with van der Waals surface area (Å²) in [4.78, 5) is 8.00. The number of hydrogen-bond donors (Lipinski definition) is 1. The van der Waals surface area contributed by atoms with Crippen molar-refractivity contribution in [3.63, 3.8) is 0 Å². The van der Waals surface area contributed by atoms with E-state index in [1.807, 2.05) is 17.8 Å². The second-order valence-electron chi connectivity index (χ2n) is 4.16. The molecule has 1 fully saturated rings. The lowest BCUT2D eigenvalue weighted by atomic mass is 10.1. The molecule has 0 unspecified atom stereocenters. The molecule has 3 nitrogen and oxygen atoms in total. The Morgan fingerprint density at radius 3 is 2.88 bits per heavy atom. The molecule has 1 N–H and O–H groups in total. The first-order valence-corrected chi connectivity index (χ1v) is 7.12. The first kappa shape index (κ1) is 12.0. The highest BCUT2D eigenvalue weighted by Crippen LogP contribution is 2.40. The van der Waals surface area contributed by atoms with E-state index < -0.39 is 0 Å². The van der Waals surface area contributed by atoms with Crippen molar-refractivity contribution in [1.82, 2.24) is 9.97 Å². The fourth-order valence-corrected chi connectivity index (χ4v) is 3.22. The number of aromatic nitrogens is 2. The van der Waals surface area contributed by atoms with Crippen LogP contribution in [0.3, 0.4) is 0 Å². The van der Waals surface area contributed by atoms with Gasteiger partial charge in [0.1, 0.15) is 5.82 Å². The Balaban J connectivity index is 1.95. The van der Waals surface area contributed by atoms with Gasteiger partial charge in [-0.05, 0) is 36.8 Å². The van der Waals surface area contributed by atoms with Crippen LogP contribution in [0.4, 0.5) is 5.82 Å². The van der Waals surface area contributed by atoms with Gasteiger partial charge >= 0.3 is 0 Å². The number of thioether (sulfide) groups is 1. The minimum absolute atomic E-state index is 0.301. The Morgan fingerprint density at radius 2 is 2.25 bits per heavy atom. The first-order chi connectivity index (χ1) is 7.74. The molecule has 1 saturated carbocycles. The standard InChI is InChI=1S/C11H16ClN3S/c1-16-11(5-2-3-6-11)8-14-9-4-7-13-10(12)15-9/h4,7H,2-3,5-6,8H2,1H3,(H,13,14,15). The van der Waals surface area contributed by atoms with Crippen LogP contribution in [0.25, 0.3) is 0 Å². The van der Waals surface area contributed by atoms with Gasteiger partial charge in [-0.15, -0.1) is 0 Å². The summed E-state index contributed by atoms with van der Waals surface area (Å²) in [5, 5.41) is 3.66. The summed E-state index contributed by atoms with van der Waals surface area (Å²) in [7, 11) is 0. The van der Waals surface area contributed by atoms with Crippen LogP contribution in [-0.2, 0) is 0 Å². The average Bonchev–Trinajstić information content (AvgIpc) is 2.76. The molecule has 16 heavy (non-hydrogen) atoms. The molecule has 1 aliphatic rings. The smallest absolute Gasteiger partial charge is 0.224 e. The quantitative estimate of drug-likeness (QED) is 0.841. The van der Waals surface area contributed by atoms with Crippen LogP contribution < -0.4 is 5.32 Å². The van der Waals surface area contributed by atoms with Crippen molar-refractivity contribution in [3.05, 3.63) is 17.5 Å². The summed E-state index contributed by atoms with van der Waals surface area (Å²) >= 11 is 7.71. The Bertz CT molecular complexity index is 353. The maximum atomic E-state index is 5.74. The van der Waals surface area contributed by atoms with Crippen LogP contribution in [0.2, 0.25) is 5.28 Å². The zero-order chi connectivity index (χ0) is 11.4. The topological polar surface area (TPSA) is 37.8 Å². The summed E-state index contributed by atoms with van der Waals surface area (Å²) < 4.78 is 0.386. The van der Waals surface area contributed by atoms with Gasteiger partial charge in [-0.1, -0.05) is 12.8 Å². The molecule has 0 saturated heterocycles. The van der Waals surface area contributed by atoms with Gasteiger partial charge < -0.3 is 5.32 Å². The molecule has 0 bridgehead atoms. The van der Waals surface area contributed by atoms with Crippen LogP contribution in [0, 0.1) is 0 Å². The molecule has 1 aliphatic carbocycles. The molecular weight excluding hydrogens is 242 g/mol. The largest absolute Gasteiger partial charge is 0.369 e. The Morgan fingerprint density at radius 1 is 1.50 bits per heavy atom. The summed E-state index contributed by atoms with van der Waals surface area (Å²) in [6.07, 6.45) is 9.14. The number of halogens is 1. The zero-order valence-electron chi connectivity index (χ0n) is 9.37. The fourth-order valence-electron chi connectivity index (χ4n) is 2.16. The summed E-state index contributed by atoms with van der Waals surface area (Å²) in [5.74, 6) is 0.820. The molecule has 5 heteroatoms. The zero-order valence-corrected chi connectivity index (χ0v) is 10.9. The average molecular weight is 258 g/mol. The van der Waals surface area contributed by atoms with Gasteiger partial charge in [0.15, 0.2) is 0 Å². The lowest BCUT2D eigenvalue weighted by Crippen LogP contribution is -2.30. The molecule has 0 aliphatic heterocycles.